The van der Waals surface area contributed by atoms with Crippen LogP contribution in [0.4, 0.5) is 5.82 Å². The van der Waals surface area contributed by atoms with Crippen molar-refractivity contribution >= 4 is 5.82 Å². The van der Waals surface area contributed by atoms with Gasteiger partial charge in [0.1, 0.15) is 23.2 Å². The minimum absolute atomic E-state index is 0.259. The van der Waals surface area contributed by atoms with E-state index in [-0.39, 0.29) is 5.82 Å². The second kappa shape index (κ2) is 7.51. The van der Waals surface area contributed by atoms with Crippen molar-refractivity contribution in [3.8, 4) is 34.1 Å². The van der Waals surface area contributed by atoms with Crippen molar-refractivity contribution in [2.75, 3.05) is 12.8 Å². The van der Waals surface area contributed by atoms with E-state index in [1.807, 2.05) is 31.2 Å². The molecule has 2 aromatic carbocycles. The van der Waals surface area contributed by atoms with Crippen molar-refractivity contribution in [2.45, 2.75) is 26.7 Å². The molecule has 1 heterocycles. The van der Waals surface area contributed by atoms with Crippen LogP contribution in [0.5, 0.6) is 5.75 Å². The Morgan fingerprint density at radius 1 is 0.963 bits per heavy atom. The molecule has 0 saturated heterocycles. The molecule has 4 nitrogen and oxygen atoms in total. The first-order valence-electron chi connectivity index (χ1n) is 8.91. The normalized spacial score (nSPS) is 10.7. The third-order valence-corrected chi connectivity index (χ3v) is 4.76. The molecule has 0 aliphatic heterocycles. The van der Waals surface area contributed by atoms with Crippen LogP contribution < -0.4 is 10.5 Å². The molecule has 0 aliphatic rings. The van der Waals surface area contributed by atoms with Crippen LogP contribution >= 0.6 is 0 Å². The summed E-state index contributed by atoms with van der Waals surface area (Å²) in [6.45, 7) is 6.24. The summed E-state index contributed by atoms with van der Waals surface area (Å²) in [5, 5.41) is 9.76. The molecule has 3 aromatic rings. The Balaban J connectivity index is 2.28. The number of benzene rings is 2. The maximum Gasteiger partial charge on any atom is 0.142 e. The molecule has 0 saturated carbocycles. The van der Waals surface area contributed by atoms with E-state index in [0.29, 0.717) is 11.5 Å². The zero-order valence-corrected chi connectivity index (χ0v) is 16.1. The summed E-state index contributed by atoms with van der Waals surface area (Å²) in [6.07, 6.45) is 0. The average Bonchev–Trinajstić information content (AvgIpc) is 2.67. The molecule has 2 N–H and O–H groups in total. The number of nitrogens with two attached hydrogens (primary N) is 1. The summed E-state index contributed by atoms with van der Waals surface area (Å²) < 4.78 is 5.26. The molecule has 0 atom stereocenters. The monoisotopic (exact) mass is 357 g/mol. The van der Waals surface area contributed by atoms with E-state index in [9.17, 15) is 5.26 Å². The summed E-state index contributed by atoms with van der Waals surface area (Å²) in [4.78, 5) is 4.42. The Morgan fingerprint density at radius 2 is 1.52 bits per heavy atom. The van der Waals surface area contributed by atoms with Gasteiger partial charge in [-0.1, -0.05) is 50.2 Å². The second-order valence-corrected chi connectivity index (χ2v) is 6.82. The van der Waals surface area contributed by atoms with E-state index in [1.54, 1.807) is 7.11 Å². The molecule has 0 radical (unpaired) electrons. The van der Waals surface area contributed by atoms with Crippen LogP contribution in [0.3, 0.4) is 0 Å². The topological polar surface area (TPSA) is 71.9 Å². The predicted octanol–water partition coefficient (Wildman–Crippen LogP) is 5.31. The Kier molecular flexibility index (Phi) is 5.14. The molecule has 1 aromatic heterocycles. The van der Waals surface area contributed by atoms with Crippen molar-refractivity contribution in [1.82, 2.24) is 4.98 Å². The van der Waals surface area contributed by atoms with Gasteiger partial charge in [0.15, 0.2) is 0 Å². The van der Waals surface area contributed by atoms with E-state index >= 15 is 0 Å². The number of nitrogen functional groups attached to an aromatic ring is 1. The summed E-state index contributed by atoms with van der Waals surface area (Å²) in [7, 11) is 1.64. The maximum atomic E-state index is 9.76. The number of aryl methyl sites for hydroxylation is 1. The molecule has 0 unspecified atom stereocenters. The molecular formula is C23H23N3O. The number of ether oxygens (including phenoxy) is 1. The number of pyridine rings is 1. The standard InChI is InChI=1S/C23H23N3O/c1-14(2)16-5-7-18(8-6-16)22-20(13-24)23(25)26-15(3)21(22)17-9-11-19(27-4)12-10-17/h5-12,14H,1-4H3,(H2,25,26). The van der Waals surface area contributed by atoms with Gasteiger partial charge in [0.2, 0.25) is 0 Å². The minimum atomic E-state index is 0.259. The molecule has 136 valence electrons. The quantitative estimate of drug-likeness (QED) is 0.687. The number of aromatic nitrogens is 1. The smallest absolute Gasteiger partial charge is 0.142 e. The molecule has 0 spiro atoms. The van der Waals surface area contributed by atoms with Gasteiger partial charge < -0.3 is 10.5 Å². The Bertz CT molecular complexity index is 998. The zero-order valence-electron chi connectivity index (χ0n) is 16.1. The number of hydrogen-bond acceptors (Lipinski definition) is 4. The van der Waals surface area contributed by atoms with Gasteiger partial charge in [-0.15, -0.1) is 0 Å². The van der Waals surface area contributed by atoms with Gasteiger partial charge >= 0.3 is 0 Å². The van der Waals surface area contributed by atoms with Crippen molar-refractivity contribution < 1.29 is 4.74 Å². The van der Waals surface area contributed by atoms with E-state index in [1.165, 1.54) is 5.56 Å². The van der Waals surface area contributed by atoms with E-state index in [0.717, 1.165) is 33.7 Å². The fraction of sp³-hybridized carbons (Fsp3) is 0.217. The van der Waals surface area contributed by atoms with Gasteiger partial charge in [0.25, 0.3) is 0 Å². The molecule has 0 fully saturated rings. The van der Waals surface area contributed by atoms with Crippen LogP contribution in [-0.4, -0.2) is 12.1 Å². The van der Waals surface area contributed by atoms with Crippen molar-refractivity contribution in [3.63, 3.8) is 0 Å². The lowest BCUT2D eigenvalue weighted by molar-refractivity contribution is 0.415. The highest BCUT2D eigenvalue weighted by Crippen LogP contribution is 2.39. The lowest BCUT2D eigenvalue weighted by Crippen LogP contribution is -2.03. The number of nitrogens with zero attached hydrogens (tertiary/aromatic N) is 2. The summed E-state index contributed by atoms with van der Waals surface area (Å²) in [5.41, 5.74) is 12.2. The largest absolute Gasteiger partial charge is 0.497 e. The van der Waals surface area contributed by atoms with E-state index in [4.69, 9.17) is 10.5 Å². The van der Waals surface area contributed by atoms with Gasteiger partial charge in [0.05, 0.1) is 7.11 Å². The predicted molar refractivity (Wildman–Crippen MR) is 110 cm³/mol. The molecule has 0 aliphatic carbocycles. The maximum absolute atomic E-state index is 9.76. The van der Waals surface area contributed by atoms with Crippen LogP contribution in [0, 0.1) is 18.3 Å². The highest BCUT2D eigenvalue weighted by Gasteiger charge is 2.19. The molecular weight excluding hydrogens is 334 g/mol. The Morgan fingerprint density at radius 3 is 2.04 bits per heavy atom. The molecule has 0 bridgehead atoms. The van der Waals surface area contributed by atoms with Crippen molar-refractivity contribution in [1.29, 1.82) is 5.26 Å². The number of rotatable bonds is 4. The SMILES string of the molecule is COc1ccc(-c2c(C)nc(N)c(C#N)c2-c2ccc(C(C)C)cc2)cc1. The molecule has 0 amide bonds. The lowest BCUT2D eigenvalue weighted by atomic mass is 9.89. The summed E-state index contributed by atoms with van der Waals surface area (Å²) >= 11 is 0. The molecule has 27 heavy (non-hydrogen) atoms. The number of anilines is 1. The van der Waals surface area contributed by atoms with Crippen molar-refractivity contribution in [2.24, 2.45) is 0 Å². The molecule has 4 heteroatoms. The van der Waals surface area contributed by atoms with Crippen LogP contribution in [0.1, 0.15) is 36.6 Å². The van der Waals surface area contributed by atoms with Gasteiger partial charge in [-0.2, -0.15) is 5.26 Å². The molecule has 3 rings (SSSR count). The first-order valence-corrected chi connectivity index (χ1v) is 8.91. The Hall–Kier alpha value is -3.32. The van der Waals surface area contributed by atoms with Crippen LogP contribution in [0.2, 0.25) is 0 Å². The van der Waals surface area contributed by atoms with E-state index < -0.39 is 0 Å². The fourth-order valence-electron chi connectivity index (χ4n) is 3.27. The number of nitriles is 1. The first-order chi connectivity index (χ1) is 13.0. The minimum Gasteiger partial charge on any atom is -0.497 e. The summed E-state index contributed by atoms with van der Waals surface area (Å²) in [5.74, 6) is 1.48. The van der Waals surface area contributed by atoms with Gasteiger partial charge in [-0.25, -0.2) is 4.98 Å². The number of hydrogen-bond donors (Lipinski definition) is 1. The summed E-state index contributed by atoms with van der Waals surface area (Å²) in [6, 6.07) is 18.3. The fourth-order valence-corrected chi connectivity index (χ4v) is 3.27. The Labute approximate surface area is 160 Å². The zero-order chi connectivity index (χ0) is 19.6. The lowest BCUT2D eigenvalue weighted by Gasteiger charge is -2.17. The highest BCUT2D eigenvalue weighted by molar-refractivity contribution is 5.91. The number of methoxy groups -OCH3 is 1. The van der Waals surface area contributed by atoms with Crippen molar-refractivity contribution in [3.05, 3.63) is 65.4 Å². The van der Waals surface area contributed by atoms with Gasteiger partial charge in [0, 0.05) is 16.8 Å². The van der Waals surface area contributed by atoms with Crippen LogP contribution in [-0.2, 0) is 0 Å². The van der Waals surface area contributed by atoms with Crippen LogP contribution in [0.15, 0.2) is 48.5 Å². The van der Waals surface area contributed by atoms with Gasteiger partial charge in [-0.05, 0) is 41.7 Å². The highest BCUT2D eigenvalue weighted by atomic mass is 16.5. The van der Waals surface area contributed by atoms with E-state index in [2.05, 4.69) is 49.2 Å². The second-order valence-electron chi connectivity index (χ2n) is 6.82. The van der Waals surface area contributed by atoms with Gasteiger partial charge in [-0.3, -0.25) is 0 Å². The average molecular weight is 357 g/mol. The third kappa shape index (κ3) is 3.50. The third-order valence-electron chi connectivity index (χ3n) is 4.76. The first kappa shape index (κ1) is 18.5. The van der Waals surface area contributed by atoms with Crippen LogP contribution in [0.25, 0.3) is 22.3 Å².